The molecular formula is C7H12N. The van der Waals surface area contributed by atoms with Gasteiger partial charge in [-0.25, -0.2) is 0 Å². The number of hydrogen-bond donors (Lipinski definition) is 0. The second-order valence-electron chi connectivity index (χ2n) is 2.77. The highest BCUT2D eigenvalue weighted by Crippen LogP contribution is 2.25. The molecule has 1 radical (unpaired) electrons. The minimum atomic E-state index is 0.884. The highest BCUT2D eigenvalue weighted by Gasteiger charge is 2.28. The summed E-state index contributed by atoms with van der Waals surface area (Å²) in [6, 6.07) is 0.884. The highest BCUT2D eigenvalue weighted by atomic mass is 15.2. The topological polar surface area (TPSA) is 3.24 Å². The zero-order chi connectivity index (χ0) is 5.40. The van der Waals surface area contributed by atoms with Crippen molar-refractivity contribution in [1.82, 2.24) is 4.90 Å². The van der Waals surface area contributed by atoms with E-state index >= 15 is 0 Å². The Morgan fingerprint density at radius 1 is 1.38 bits per heavy atom. The van der Waals surface area contributed by atoms with E-state index in [9.17, 15) is 0 Å². The third-order valence-electron chi connectivity index (χ3n) is 2.27. The molecule has 0 aromatic heterocycles. The van der Waals surface area contributed by atoms with E-state index in [1.165, 1.54) is 32.4 Å². The van der Waals surface area contributed by atoms with Crippen LogP contribution in [0, 0.1) is 6.42 Å². The van der Waals surface area contributed by atoms with Crippen LogP contribution in [-0.4, -0.2) is 24.0 Å². The van der Waals surface area contributed by atoms with Gasteiger partial charge in [0, 0.05) is 6.04 Å². The first-order chi connectivity index (χ1) is 3.97. The molecule has 1 heteroatoms. The van der Waals surface area contributed by atoms with Crippen LogP contribution in [0.15, 0.2) is 0 Å². The van der Waals surface area contributed by atoms with Crippen molar-refractivity contribution in [3.8, 4) is 0 Å². The van der Waals surface area contributed by atoms with E-state index in [0.717, 1.165) is 6.04 Å². The first-order valence-electron chi connectivity index (χ1n) is 3.54. The molecule has 0 bridgehead atoms. The van der Waals surface area contributed by atoms with Crippen LogP contribution in [0.2, 0.25) is 0 Å². The third kappa shape index (κ3) is 0.576. The molecule has 0 aromatic carbocycles. The summed E-state index contributed by atoms with van der Waals surface area (Å²) in [5.74, 6) is 0. The molecule has 45 valence electrons. The lowest BCUT2D eigenvalue weighted by Crippen LogP contribution is -2.21. The average molecular weight is 110 g/mol. The zero-order valence-electron chi connectivity index (χ0n) is 5.14. The molecule has 2 aliphatic rings. The lowest BCUT2D eigenvalue weighted by atomic mass is 10.2. The Morgan fingerprint density at radius 3 is 3.25 bits per heavy atom. The minimum Gasteiger partial charge on any atom is -0.300 e. The van der Waals surface area contributed by atoms with Gasteiger partial charge in [0.2, 0.25) is 0 Å². The molecule has 2 aliphatic heterocycles. The highest BCUT2D eigenvalue weighted by molar-refractivity contribution is 4.96. The Hall–Kier alpha value is -0.0400. The fourth-order valence-electron chi connectivity index (χ4n) is 1.83. The fourth-order valence-corrected chi connectivity index (χ4v) is 1.83. The molecule has 2 saturated heterocycles. The standard InChI is InChI=1S/C7H12N/c1-3-7-4-2-6-8(7)5-1/h3,7H,1-2,4-6H2/t7-/m1/s1. The van der Waals surface area contributed by atoms with Crippen LogP contribution in [-0.2, 0) is 0 Å². The summed E-state index contributed by atoms with van der Waals surface area (Å²) in [6.45, 7) is 2.70. The van der Waals surface area contributed by atoms with Gasteiger partial charge in [-0.05, 0) is 38.8 Å². The summed E-state index contributed by atoms with van der Waals surface area (Å²) in [5, 5.41) is 0. The van der Waals surface area contributed by atoms with Crippen LogP contribution in [0.25, 0.3) is 0 Å². The molecule has 8 heavy (non-hydrogen) atoms. The largest absolute Gasteiger partial charge is 0.300 e. The van der Waals surface area contributed by atoms with Gasteiger partial charge in [-0.3, -0.25) is 0 Å². The molecule has 1 atom stereocenters. The molecule has 2 heterocycles. The van der Waals surface area contributed by atoms with Crippen LogP contribution in [0.4, 0.5) is 0 Å². The predicted octanol–water partition coefficient (Wildman–Crippen LogP) is 1.06. The van der Waals surface area contributed by atoms with Crippen molar-refractivity contribution in [1.29, 1.82) is 0 Å². The van der Waals surface area contributed by atoms with Gasteiger partial charge in [-0.1, -0.05) is 0 Å². The quantitative estimate of drug-likeness (QED) is 0.450. The van der Waals surface area contributed by atoms with E-state index in [1.54, 1.807) is 0 Å². The number of fused-ring (bicyclic) bond motifs is 1. The smallest absolute Gasteiger partial charge is 0.0128 e. The molecule has 2 rings (SSSR count). The van der Waals surface area contributed by atoms with Gasteiger partial charge in [0.05, 0.1) is 0 Å². The summed E-state index contributed by atoms with van der Waals surface area (Å²) in [6.07, 6.45) is 6.67. The molecule has 0 spiro atoms. The van der Waals surface area contributed by atoms with E-state index < -0.39 is 0 Å². The van der Waals surface area contributed by atoms with Crippen molar-refractivity contribution in [2.45, 2.75) is 25.3 Å². The number of hydrogen-bond acceptors (Lipinski definition) is 1. The van der Waals surface area contributed by atoms with E-state index in [4.69, 9.17) is 0 Å². The maximum atomic E-state index is 2.58. The number of rotatable bonds is 0. The lowest BCUT2D eigenvalue weighted by Gasteiger charge is -2.11. The second-order valence-corrected chi connectivity index (χ2v) is 2.77. The molecule has 0 N–H and O–H groups in total. The van der Waals surface area contributed by atoms with Gasteiger partial charge < -0.3 is 4.90 Å². The van der Waals surface area contributed by atoms with E-state index in [-0.39, 0.29) is 0 Å². The normalized spacial score (nSPS) is 31.5. The summed E-state index contributed by atoms with van der Waals surface area (Å²) >= 11 is 0. The average Bonchev–Trinajstić information content (AvgIpc) is 2.15. The van der Waals surface area contributed by atoms with Crippen LogP contribution < -0.4 is 0 Å². The van der Waals surface area contributed by atoms with Gasteiger partial charge in [-0.2, -0.15) is 0 Å². The zero-order valence-corrected chi connectivity index (χ0v) is 5.14. The molecule has 0 aromatic rings. The summed E-state index contributed by atoms with van der Waals surface area (Å²) in [5.41, 5.74) is 0. The van der Waals surface area contributed by atoms with Crippen LogP contribution in [0.5, 0.6) is 0 Å². The van der Waals surface area contributed by atoms with Crippen molar-refractivity contribution in [2.75, 3.05) is 13.1 Å². The van der Waals surface area contributed by atoms with E-state index in [2.05, 4.69) is 11.3 Å². The van der Waals surface area contributed by atoms with E-state index in [0.29, 0.717) is 0 Å². The first kappa shape index (κ1) is 4.80. The molecule has 2 fully saturated rings. The monoisotopic (exact) mass is 110 g/mol. The first-order valence-corrected chi connectivity index (χ1v) is 3.54. The maximum absolute atomic E-state index is 2.58. The maximum Gasteiger partial charge on any atom is 0.0128 e. The van der Waals surface area contributed by atoms with Crippen molar-refractivity contribution >= 4 is 0 Å². The molecule has 0 unspecified atom stereocenters. The minimum absolute atomic E-state index is 0.884. The Kier molecular flexibility index (Phi) is 1.04. The third-order valence-corrected chi connectivity index (χ3v) is 2.27. The SMILES string of the molecule is [CH]1CCN2CCC[C@@H]12. The molecule has 0 aliphatic carbocycles. The van der Waals surface area contributed by atoms with Gasteiger partial charge in [0.25, 0.3) is 0 Å². The molecular weight excluding hydrogens is 98.1 g/mol. The Morgan fingerprint density at radius 2 is 2.38 bits per heavy atom. The van der Waals surface area contributed by atoms with Gasteiger partial charge in [-0.15, -0.1) is 0 Å². The van der Waals surface area contributed by atoms with Crippen molar-refractivity contribution in [3.63, 3.8) is 0 Å². The molecule has 1 nitrogen and oxygen atoms in total. The summed E-state index contributed by atoms with van der Waals surface area (Å²) in [4.78, 5) is 2.58. The van der Waals surface area contributed by atoms with Crippen molar-refractivity contribution < 1.29 is 0 Å². The molecule has 0 saturated carbocycles. The number of nitrogens with zero attached hydrogens (tertiary/aromatic N) is 1. The predicted molar refractivity (Wildman–Crippen MR) is 33.5 cm³/mol. The van der Waals surface area contributed by atoms with E-state index in [1.807, 2.05) is 0 Å². The Labute approximate surface area is 50.7 Å². The lowest BCUT2D eigenvalue weighted by molar-refractivity contribution is 0.337. The van der Waals surface area contributed by atoms with Crippen LogP contribution in [0.3, 0.4) is 0 Å². The van der Waals surface area contributed by atoms with Crippen LogP contribution in [0.1, 0.15) is 19.3 Å². The Balaban J connectivity index is 2.04. The van der Waals surface area contributed by atoms with Crippen molar-refractivity contribution in [2.24, 2.45) is 0 Å². The van der Waals surface area contributed by atoms with Crippen LogP contribution >= 0.6 is 0 Å². The summed E-state index contributed by atoms with van der Waals surface area (Å²) in [7, 11) is 0. The summed E-state index contributed by atoms with van der Waals surface area (Å²) < 4.78 is 0. The van der Waals surface area contributed by atoms with Gasteiger partial charge in [0.15, 0.2) is 0 Å². The van der Waals surface area contributed by atoms with Crippen molar-refractivity contribution in [3.05, 3.63) is 6.42 Å². The van der Waals surface area contributed by atoms with Gasteiger partial charge in [0.1, 0.15) is 0 Å². The Bertz CT molecular complexity index is 70.4. The second kappa shape index (κ2) is 1.73. The molecule has 0 amide bonds. The fraction of sp³-hybridized carbons (Fsp3) is 0.857. The van der Waals surface area contributed by atoms with Gasteiger partial charge >= 0.3 is 0 Å².